The molecule has 0 aliphatic carbocycles. The molecule has 6 rings (SSSR count). The van der Waals surface area contributed by atoms with Crippen LogP contribution >= 0.6 is 27.3 Å². The molecule has 1 fully saturated rings. The zero-order valence-electron chi connectivity index (χ0n) is 28.3. The van der Waals surface area contributed by atoms with E-state index < -0.39 is 36.2 Å². The molecule has 0 radical (unpaired) electrons. The minimum Gasteiger partial charge on any atom is -0.424 e. The maximum absolute atomic E-state index is 14.7. The lowest BCUT2D eigenvalue weighted by Crippen LogP contribution is -2.66. The van der Waals surface area contributed by atoms with Gasteiger partial charge < -0.3 is 14.3 Å². The van der Waals surface area contributed by atoms with Crippen molar-refractivity contribution >= 4 is 62.0 Å². The number of aromatic nitrogens is 2. The highest BCUT2D eigenvalue weighted by Crippen LogP contribution is 2.41. The molecule has 8 nitrogen and oxygen atoms in total. The van der Waals surface area contributed by atoms with E-state index in [0.717, 1.165) is 24.3 Å². The summed E-state index contributed by atoms with van der Waals surface area (Å²) in [6, 6.07) is 28.7. The van der Waals surface area contributed by atoms with Crippen molar-refractivity contribution in [2.24, 2.45) is 0 Å². The molecule has 0 amide bonds. The molecular weight excluding hydrogens is 720 g/mol. The summed E-state index contributed by atoms with van der Waals surface area (Å²) in [7, 11) is -3.56. The topological polar surface area (TPSA) is 99.8 Å². The van der Waals surface area contributed by atoms with Gasteiger partial charge in [0, 0.05) is 6.42 Å². The molecule has 5 aromatic rings. The number of hydrogen-bond donors (Lipinski definition) is 1. The van der Waals surface area contributed by atoms with Crippen molar-refractivity contribution < 1.29 is 19.1 Å². The van der Waals surface area contributed by atoms with Crippen molar-refractivity contribution in [3.63, 3.8) is 0 Å². The summed E-state index contributed by atoms with van der Waals surface area (Å²) in [5, 5.41) is 1.02. The first-order valence-electron chi connectivity index (χ1n) is 16.4. The van der Waals surface area contributed by atoms with Crippen molar-refractivity contribution in [2.75, 3.05) is 13.2 Å². The van der Waals surface area contributed by atoms with Gasteiger partial charge in [0.2, 0.25) is 0 Å². The highest BCUT2D eigenvalue weighted by molar-refractivity contribution is 9.11. The summed E-state index contributed by atoms with van der Waals surface area (Å²) in [5.74, 6) is -0.324. The monoisotopic (exact) mass is 760 g/mol. The number of ketones is 1. The fourth-order valence-corrected chi connectivity index (χ4v) is 12.1. The first-order valence-corrected chi connectivity index (χ1v) is 19.9. The van der Waals surface area contributed by atoms with Gasteiger partial charge in [-0.25, -0.2) is 9.36 Å². The largest absolute Gasteiger partial charge is 0.424 e. The average molecular weight is 762 g/mol. The van der Waals surface area contributed by atoms with Crippen molar-refractivity contribution in [1.29, 1.82) is 0 Å². The molecular formula is C38H41BrN2O6SSi. The summed E-state index contributed by atoms with van der Waals surface area (Å²) >= 11 is 4.92. The van der Waals surface area contributed by atoms with Crippen LogP contribution in [0.15, 0.2) is 104 Å². The quantitative estimate of drug-likeness (QED) is 0.165. The first kappa shape index (κ1) is 35.4. The number of thiophene rings is 1. The molecule has 1 aliphatic heterocycles. The zero-order chi connectivity index (χ0) is 35.1. The number of rotatable bonds is 12. The van der Waals surface area contributed by atoms with E-state index in [1.54, 1.807) is 18.4 Å². The van der Waals surface area contributed by atoms with Gasteiger partial charge in [0.15, 0.2) is 5.78 Å². The summed E-state index contributed by atoms with van der Waals surface area (Å²) in [6.45, 7) is 9.97. The summed E-state index contributed by atoms with van der Waals surface area (Å²) in [5.41, 5.74) is -1.06. The van der Waals surface area contributed by atoms with E-state index in [1.165, 1.54) is 11.3 Å². The number of hydrogen-bond acceptors (Lipinski definition) is 7. The van der Waals surface area contributed by atoms with Crippen LogP contribution in [0.5, 0.6) is 0 Å². The summed E-state index contributed by atoms with van der Waals surface area (Å²) in [4.78, 5) is 56.9. The highest BCUT2D eigenvalue weighted by Gasteiger charge is 2.52. The van der Waals surface area contributed by atoms with Crippen LogP contribution in [0.2, 0.25) is 5.04 Å². The van der Waals surface area contributed by atoms with Crippen LogP contribution in [0.25, 0.3) is 10.2 Å². The number of halogens is 1. The third-order valence-electron chi connectivity index (χ3n) is 9.84. The molecule has 1 atom stereocenters. The van der Waals surface area contributed by atoms with E-state index in [2.05, 4.69) is 15.9 Å². The number of aryl methyl sites for hydroxylation is 1. The normalized spacial score (nSPS) is 14.9. The number of carbonyl (C=O) groups excluding carboxylic acids is 1. The molecule has 3 aromatic carbocycles. The summed E-state index contributed by atoms with van der Waals surface area (Å²) in [6.07, 6.45) is -0.685. The average Bonchev–Trinajstić information content (AvgIpc) is 3.37. The molecule has 0 unspecified atom stereocenters. The molecule has 1 aliphatic rings. The van der Waals surface area contributed by atoms with Crippen LogP contribution in [0, 0.1) is 6.92 Å². The van der Waals surface area contributed by atoms with Crippen LogP contribution in [-0.2, 0) is 26.4 Å². The van der Waals surface area contributed by atoms with Gasteiger partial charge in [0.25, 0.3) is 13.9 Å². The van der Waals surface area contributed by atoms with Crippen LogP contribution in [-0.4, -0.2) is 47.3 Å². The molecule has 1 N–H and O–H groups in total. The Morgan fingerprint density at radius 3 is 2.00 bits per heavy atom. The molecule has 11 heteroatoms. The molecule has 0 saturated carbocycles. The lowest BCUT2D eigenvalue weighted by Gasteiger charge is -2.42. The molecule has 2 aromatic heterocycles. The molecule has 0 bridgehead atoms. The Kier molecular flexibility index (Phi) is 9.89. The third kappa shape index (κ3) is 6.37. The molecule has 49 heavy (non-hydrogen) atoms. The Hall–Kier alpha value is -3.45. The molecule has 1 saturated heterocycles. The Bertz CT molecular complexity index is 2050. The third-order valence-corrected chi connectivity index (χ3v) is 16.5. The SMILES string of the molecule is Cc1c(Br)sc2c1c(=O)n(C(C)(C)C(=O)CC(C)(C)[Si](O)(c1ccccc1)c1ccccc1)c(=O)n2C[C@H](OC1COC1)c1ccccc1. The summed E-state index contributed by atoms with van der Waals surface area (Å²) < 4.78 is 15.2. The van der Waals surface area contributed by atoms with Gasteiger partial charge in [0.05, 0.1) is 28.9 Å². The predicted octanol–water partition coefficient (Wildman–Crippen LogP) is 5.68. The Morgan fingerprint density at radius 2 is 1.49 bits per heavy atom. The van der Waals surface area contributed by atoms with E-state index in [9.17, 15) is 19.2 Å². The highest BCUT2D eigenvalue weighted by atomic mass is 79.9. The zero-order valence-corrected chi connectivity index (χ0v) is 31.7. The Balaban J connectivity index is 1.45. The van der Waals surface area contributed by atoms with Gasteiger partial charge in [-0.1, -0.05) is 105 Å². The van der Waals surface area contributed by atoms with Crippen LogP contribution in [0.4, 0.5) is 0 Å². The number of Topliss-reactive ketones (excluding diaryl/α,β-unsaturated/α-hetero) is 1. The van der Waals surface area contributed by atoms with Crippen LogP contribution in [0.1, 0.15) is 51.3 Å². The van der Waals surface area contributed by atoms with E-state index >= 15 is 0 Å². The van der Waals surface area contributed by atoms with Gasteiger partial charge in [-0.15, -0.1) is 11.3 Å². The van der Waals surface area contributed by atoms with Crippen molar-refractivity contribution in [1.82, 2.24) is 9.13 Å². The van der Waals surface area contributed by atoms with Gasteiger partial charge in [0.1, 0.15) is 22.6 Å². The predicted molar refractivity (Wildman–Crippen MR) is 201 cm³/mol. The van der Waals surface area contributed by atoms with Crippen molar-refractivity contribution in [3.8, 4) is 0 Å². The molecule has 3 heterocycles. The van der Waals surface area contributed by atoms with Crippen LogP contribution < -0.4 is 21.6 Å². The number of benzene rings is 3. The van der Waals surface area contributed by atoms with E-state index in [4.69, 9.17) is 9.47 Å². The van der Waals surface area contributed by atoms with Crippen molar-refractivity contribution in [3.05, 3.63) is 127 Å². The second-order valence-electron chi connectivity index (χ2n) is 13.9. The second kappa shape index (κ2) is 13.7. The maximum Gasteiger partial charge on any atom is 0.333 e. The van der Waals surface area contributed by atoms with Crippen LogP contribution in [0.3, 0.4) is 0 Å². The van der Waals surface area contributed by atoms with Gasteiger partial charge >= 0.3 is 5.69 Å². The minimum absolute atomic E-state index is 0.0693. The van der Waals surface area contributed by atoms with Gasteiger partial charge in [-0.2, -0.15) is 0 Å². The molecule has 0 spiro atoms. The fourth-order valence-electron chi connectivity index (χ4n) is 6.74. The second-order valence-corrected chi connectivity index (χ2v) is 20.1. The Morgan fingerprint density at radius 1 is 0.959 bits per heavy atom. The maximum atomic E-state index is 14.7. The number of fused-ring (bicyclic) bond motifs is 1. The Labute approximate surface area is 299 Å². The van der Waals surface area contributed by atoms with E-state index in [-0.39, 0.29) is 24.9 Å². The molecule has 256 valence electrons. The lowest BCUT2D eigenvalue weighted by atomic mass is 9.91. The standard InChI is InChI=1S/C38H41BrN2O6SSi/c1-25-32-34(43)41(36(44)40(35(32)48-33(25)39)22-30(47-27-23-46-24-27)26-15-9-6-10-16-26)38(4,5)31(42)21-37(2,3)49(45,28-17-11-7-12-18-28)29-19-13-8-14-20-29/h6-20,27,30,45H,21-24H2,1-5H3/t30-/m0/s1. The number of nitrogens with zero attached hydrogens (tertiary/aromatic N) is 2. The number of carbonyl (C=O) groups is 1. The van der Waals surface area contributed by atoms with E-state index in [0.29, 0.717) is 29.0 Å². The van der Waals surface area contributed by atoms with Gasteiger partial charge in [-0.05, 0) is 63.2 Å². The smallest absolute Gasteiger partial charge is 0.333 e. The fraction of sp³-hybridized carbons (Fsp3) is 0.342. The number of ether oxygens (including phenoxy) is 2. The van der Waals surface area contributed by atoms with Crippen molar-refractivity contribution in [2.45, 2.75) is 70.4 Å². The minimum atomic E-state index is -3.56. The first-order chi connectivity index (χ1) is 23.3. The lowest BCUT2D eigenvalue weighted by molar-refractivity contribution is -0.159. The van der Waals surface area contributed by atoms with E-state index in [1.807, 2.05) is 112 Å². The van der Waals surface area contributed by atoms with Gasteiger partial charge in [-0.3, -0.25) is 14.2 Å².